The minimum absolute atomic E-state index is 0.100. The van der Waals surface area contributed by atoms with E-state index >= 15 is 0 Å². The molecule has 2 aromatic carbocycles. The van der Waals surface area contributed by atoms with Crippen molar-refractivity contribution >= 4 is 34.3 Å². The van der Waals surface area contributed by atoms with Gasteiger partial charge in [-0.05, 0) is 94.0 Å². The van der Waals surface area contributed by atoms with Gasteiger partial charge in [0, 0.05) is 39.3 Å². The summed E-state index contributed by atoms with van der Waals surface area (Å²) in [4.78, 5) is 18.1. The number of piperazine rings is 1. The molecular weight excluding hydrogens is 437 g/mol. The molecule has 0 spiro atoms. The van der Waals surface area contributed by atoms with E-state index in [1.54, 1.807) is 18.4 Å². The van der Waals surface area contributed by atoms with Gasteiger partial charge < -0.3 is 15.2 Å². The molecule has 0 aromatic heterocycles. The molecule has 1 unspecified atom stereocenters. The van der Waals surface area contributed by atoms with Crippen LogP contribution in [0.5, 0.6) is 0 Å². The van der Waals surface area contributed by atoms with Gasteiger partial charge in [0.15, 0.2) is 4.90 Å². The Morgan fingerprint density at radius 2 is 1.82 bits per heavy atom. The molecule has 1 heterocycles. The summed E-state index contributed by atoms with van der Waals surface area (Å²) in [6, 6.07) is 12.3. The van der Waals surface area contributed by atoms with Crippen molar-refractivity contribution < 1.29 is 13.7 Å². The van der Waals surface area contributed by atoms with Crippen LogP contribution in [-0.4, -0.2) is 65.8 Å². The summed E-state index contributed by atoms with van der Waals surface area (Å²) in [7, 11) is 0. The number of nitrogens with two attached hydrogens (primary N) is 1. The molecule has 7 heteroatoms. The van der Waals surface area contributed by atoms with Gasteiger partial charge in [0.25, 0.3) is 0 Å². The SMILES string of the molecule is CC1=C(CC(=O)N2CCN(CCN)CC2)c2ccc(F)cc2/C1=C\c1ccc([S+](C)[O-])cc1. The summed E-state index contributed by atoms with van der Waals surface area (Å²) in [6.45, 7) is 6.57. The number of amides is 1. The molecule has 1 aliphatic carbocycles. The highest BCUT2D eigenvalue weighted by molar-refractivity contribution is 7.90. The van der Waals surface area contributed by atoms with Crippen LogP contribution in [0.2, 0.25) is 0 Å². The fraction of sp³-hybridized carbons (Fsp3) is 0.346. The van der Waals surface area contributed by atoms with Crippen molar-refractivity contribution in [2.24, 2.45) is 5.73 Å². The van der Waals surface area contributed by atoms with E-state index < -0.39 is 11.2 Å². The largest absolute Gasteiger partial charge is 0.612 e. The van der Waals surface area contributed by atoms with E-state index in [1.807, 2.05) is 42.2 Å². The Balaban J connectivity index is 1.60. The van der Waals surface area contributed by atoms with Crippen LogP contribution in [-0.2, 0) is 16.0 Å². The Kier molecular flexibility index (Phi) is 7.34. The van der Waals surface area contributed by atoms with E-state index in [-0.39, 0.29) is 11.7 Å². The minimum atomic E-state index is -1.04. The Hall–Kier alpha value is -2.45. The van der Waals surface area contributed by atoms with Crippen molar-refractivity contribution in [3.63, 3.8) is 0 Å². The second kappa shape index (κ2) is 10.2. The number of hydrogen-bond acceptors (Lipinski definition) is 4. The molecule has 4 rings (SSSR count). The monoisotopic (exact) mass is 467 g/mol. The first kappa shape index (κ1) is 23.7. The molecule has 5 nitrogen and oxygen atoms in total. The fourth-order valence-electron chi connectivity index (χ4n) is 4.57. The lowest BCUT2D eigenvalue weighted by atomic mass is 10.0. The number of benzene rings is 2. The quantitative estimate of drug-likeness (QED) is 0.661. The molecule has 1 saturated heterocycles. The highest BCUT2D eigenvalue weighted by Gasteiger charge is 2.28. The average molecular weight is 468 g/mol. The molecule has 2 N–H and O–H groups in total. The maximum Gasteiger partial charge on any atom is 0.227 e. The van der Waals surface area contributed by atoms with Gasteiger partial charge in [-0.15, -0.1) is 0 Å². The maximum absolute atomic E-state index is 14.2. The first-order chi connectivity index (χ1) is 15.9. The molecule has 0 saturated carbocycles. The van der Waals surface area contributed by atoms with Crippen LogP contribution in [0.1, 0.15) is 30.0 Å². The highest BCUT2D eigenvalue weighted by atomic mass is 32.2. The topological polar surface area (TPSA) is 72.6 Å². The first-order valence-corrected chi connectivity index (χ1v) is 12.8. The number of hydrogen-bond donors (Lipinski definition) is 1. The van der Waals surface area contributed by atoms with Gasteiger partial charge >= 0.3 is 0 Å². The van der Waals surface area contributed by atoms with Gasteiger partial charge in [-0.25, -0.2) is 4.39 Å². The number of allylic oxidation sites excluding steroid dienone is 2. The molecule has 1 aliphatic heterocycles. The number of fused-ring (bicyclic) bond motifs is 1. The molecule has 174 valence electrons. The van der Waals surface area contributed by atoms with Crippen LogP contribution >= 0.6 is 0 Å². The minimum Gasteiger partial charge on any atom is -0.612 e. The Morgan fingerprint density at radius 1 is 1.12 bits per heavy atom. The molecule has 1 amide bonds. The van der Waals surface area contributed by atoms with E-state index in [0.717, 1.165) is 57.9 Å². The van der Waals surface area contributed by atoms with Gasteiger partial charge in [-0.2, -0.15) is 0 Å². The number of halogens is 1. The lowest BCUT2D eigenvalue weighted by Gasteiger charge is -2.34. The molecule has 33 heavy (non-hydrogen) atoms. The first-order valence-electron chi connectivity index (χ1n) is 11.2. The van der Waals surface area contributed by atoms with E-state index in [0.29, 0.717) is 26.1 Å². The fourth-order valence-corrected chi connectivity index (χ4v) is 5.09. The molecule has 0 bridgehead atoms. The van der Waals surface area contributed by atoms with Crippen molar-refractivity contribution in [3.05, 3.63) is 70.5 Å². The van der Waals surface area contributed by atoms with E-state index in [1.165, 1.54) is 6.07 Å². The lowest BCUT2D eigenvalue weighted by Crippen LogP contribution is -2.49. The number of rotatable bonds is 6. The summed E-state index contributed by atoms with van der Waals surface area (Å²) in [5.41, 5.74) is 11.2. The van der Waals surface area contributed by atoms with Gasteiger partial charge in [0.1, 0.15) is 12.1 Å². The zero-order chi connectivity index (χ0) is 23.5. The molecular formula is C26H30FN3O2S. The standard InChI is InChI=1S/C26H30FN3O2S/c1-18-23(15-19-3-6-21(7-4-19)33(2)32)25-16-20(27)5-8-22(25)24(18)17-26(31)30-13-11-29(10-9-28)12-14-30/h3-8,15-16H,9-14,17,28H2,1-2H3/b23-15-. The van der Waals surface area contributed by atoms with E-state index in [4.69, 9.17) is 5.73 Å². The third kappa shape index (κ3) is 5.22. The maximum atomic E-state index is 14.2. The second-order valence-corrected chi connectivity index (χ2v) is 9.94. The van der Waals surface area contributed by atoms with Crippen molar-refractivity contribution in [1.29, 1.82) is 0 Å². The van der Waals surface area contributed by atoms with Crippen LogP contribution in [0.4, 0.5) is 4.39 Å². The van der Waals surface area contributed by atoms with Gasteiger partial charge in [0.2, 0.25) is 5.91 Å². The molecule has 1 fully saturated rings. The van der Waals surface area contributed by atoms with Crippen molar-refractivity contribution in [3.8, 4) is 0 Å². The Labute approximate surface area is 197 Å². The smallest absolute Gasteiger partial charge is 0.227 e. The van der Waals surface area contributed by atoms with Crippen molar-refractivity contribution in [1.82, 2.24) is 9.80 Å². The number of carbonyl (C=O) groups excluding carboxylic acids is 1. The summed E-state index contributed by atoms with van der Waals surface area (Å²) in [6.07, 6.45) is 3.96. The summed E-state index contributed by atoms with van der Waals surface area (Å²) >= 11 is -1.04. The zero-order valence-corrected chi connectivity index (χ0v) is 20.0. The van der Waals surface area contributed by atoms with Crippen LogP contribution in [0, 0.1) is 5.82 Å². The Morgan fingerprint density at radius 3 is 2.45 bits per heavy atom. The van der Waals surface area contributed by atoms with Crippen LogP contribution < -0.4 is 5.73 Å². The summed E-state index contributed by atoms with van der Waals surface area (Å²) in [5.74, 6) is -0.198. The van der Waals surface area contributed by atoms with Gasteiger partial charge in [-0.3, -0.25) is 9.69 Å². The molecule has 1 atom stereocenters. The predicted molar refractivity (Wildman–Crippen MR) is 132 cm³/mol. The summed E-state index contributed by atoms with van der Waals surface area (Å²) < 4.78 is 25.8. The second-order valence-electron chi connectivity index (χ2n) is 8.56. The zero-order valence-electron chi connectivity index (χ0n) is 19.1. The predicted octanol–water partition coefficient (Wildman–Crippen LogP) is 3.38. The average Bonchev–Trinajstić information content (AvgIpc) is 3.05. The van der Waals surface area contributed by atoms with E-state index in [9.17, 15) is 13.7 Å². The highest BCUT2D eigenvalue weighted by Crippen LogP contribution is 2.44. The molecule has 2 aromatic rings. The molecule has 2 aliphatic rings. The van der Waals surface area contributed by atoms with Crippen LogP contribution in [0.25, 0.3) is 17.2 Å². The molecule has 0 radical (unpaired) electrons. The van der Waals surface area contributed by atoms with Gasteiger partial charge in [-0.1, -0.05) is 6.07 Å². The van der Waals surface area contributed by atoms with E-state index in [2.05, 4.69) is 4.90 Å². The third-order valence-corrected chi connectivity index (χ3v) is 7.41. The number of nitrogens with zero attached hydrogens (tertiary/aromatic N) is 2. The lowest BCUT2D eigenvalue weighted by molar-refractivity contribution is -0.131. The van der Waals surface area contributed by atoms with Gasteiger partial charge in [0.05, 0.1) is 6.42 Å². The summed E-state index contributed by atoms with van der Waals surface area (Å²) in [5, 5.41) is 0. The van der Waals surface area contributed by atoms with Crippen LogP contribution in [0.15, 0.2) is 52.9 Å². The normalized spacial score (nSPS) is 18.7. The van der Waals surface area contributed by atoms with Crippen molar-refractivity contribution in [2.45, 2.75) is 18.2 Å². The van der Waals surface area contributed by atoms with Crippen molar-refractivity contribution in [2.75, 3.05) is 45.5 Å². The number of carbonyl (C=O) groups is 1. The Bertz CT molecular complexity index is 1090. The third-order valence-electron chi connectivity index (χ3n) is 6.47. The van der Waals surface area contributed by atoms with Crippen LogP contribution in [0.3, 0.4) is 0 Å².